The third kappa shape index (κ3) is 2.63. The highest BCUT2D eigenvalue weighted by Crippen LogP contribution is 2.40. The lowest BCUT2D eigenvalue weighted by atomic mass is 10.0. The average Bonchev–Trinajstić information content (AvgIpc) is 2.77. The summed E-state index contributed by atoms with van der Waals surface area (Å²) in [6, 6.07) is 10.7. The van der Waals surface area contributed by atoms with Crippen LogP contribution in [0, 0.1) is 9.39 Å². The monoisotopic (exact) mass is 423 g/mol. The van der Waals surface area contributed by atoms with E-state index in [1.807, 2.05) is 6.07 Å². The summed E-state index contributed by atoms with van der Waals surface area (Å²) in [5, 5.41) is 10.6. The van der Waals surface area contributed by atoms with Crippen LogP contribution in [0.15, 0.2) is 42.5 Å². The minimum Gasteiger partial charge on any atom is -0.506 e. The number of aliphatic hydroxyl groups excluding tert-OH is 1. The first-order chi connectivity index (χ1) is 10.9. The summed E-state index contributed by atoms with van der Waals surface area (Å²) in [5.74, 6) is -1.98. The molecule has 4 nitrogen and oxygen atoms in total. The molecule has 3 rings (SSSR count). The van der Waals surface area contributed by atoms with Gasteiger partial charge in [0.05, 0.1) is 11.3 Å². The van der Waals surface area contributed by atoms with Gasteiger partial charge in [0.25, 0.3) is 5.91 Å². The van der Waals surface area contributed by atoms with E-state index in [1.165, 1.54) is 19.1 Å². The Bertz CT molecular complexity index is 876. The second-order valence-electron chi connectivity index (χ2n) is 5.06. The van der Waals surface area contributed by atoms with Crippen LogP contribution in [0.4, 0.5) is 10.1 Å². The fourth-order valence-corrected chi connectivity index (χ4v) is 3.10. The summed E-state index contributed by atoms with van der Waals surface area (Å²) in [4.78, 5) is 25.2. The molecular weight excluding hydrogens is 412 g/mol. The van der Waals surface area contributed by atoms with Crippen molar-refractivity contribution in [2.24, 2.45) is 0 Å². The van der Waals surface area contributed by atoms with E-state index in [1.54, 1.807) is 18.2 Å². The van der Waals surface area contributed by atoms with E-state index >= 15 is 0 Å². The number of hydrogen-bond donors (Lipinski definition) is 1. The van der Waals surface area contributed by atoms with Crippen molar-refractivity contribution in [3.63, 3.8) is 0 Å². The minimum atomic E-state index is -0.658. The van der Waals surface area contributed by atoms with Gasteiger partial charge in [-0.3, -0.25) is 9.59 Å². The Labute approximate surface area is 145 Å². The van der Waals surface area contributed by atoms with Gasteiger partial charge >= 0.3 is 0 Å². The maximum Gasteiger partial charge on any atom is 0.269 e. The molecule has 0 radical (unpaired) electrons. The molecule has 1 aliphatic heterocycles. The molecule has 2 amide bonds. The Morgan fingerprint density at radius 1 is 1.22 bits per heavy atom. The van der Waals surface area contributed by atoms with Gasteiger partial charge in [-0.2, -0.15) is 0 Å². The molecule has 0 aromatic heterocycles. The van der Waals surface area contributed by atoms with Crippen molar-refractivity contribution in [3.8, 4) is 0 Å². The number of imide groups is 1. The molecule has 2 aromatic rings. The van der Waals surface area contributed by atoms with Crippen LogP contribution >= 0.6 is 22.6 Å². The first kappa shape index (κ1) is 15.7. The first-order valence-electron chi connectivity index (χ1n) is 6.74. The zero-order valence-electron chi connectivity index (χ0n) is 12.0. The Morgan fingerprint density at radius 3 is 2.61 bits per heavy atom. The van der Waals surface area contributed by atoms with Crippen molar-refractivity contribution < 1.29 is 19.1 Å². The highest BCUT2D eigenvalue weighted by Gasteiger charge is 2.38. The van der Waals surface area contributed by atoms with Crippen molar-refractivity contribution in [1.82, 2.24) is 0 Å². The molecule has 6 heteroatoms. The normalized spacial score (nSPS) is 15.6. The van der Waals surface area contributed by atoms with Gasteiger partial charge in [-0.1, -0.05) is 12.1 Å². The summed E-state index contributed by atoms with van der Waals surface area (Å²) < 4.78 is 14.4. The Kier molecular flexibility index (Phi) is 3.93. The number of halogens is 2. The van der Waals surface area contributed by atoms with Gasteiger partial charge in [0, 0.05) is 21.6 Å². The average molecular weight is 423 g/mol. The SMILES string of the molecule is CC(=O)N1C(=O)/C(=C(/O)c2cccc(I)c2)c2ccc(F)cc21. The van der Waals surface area contributed by atoms with Crippen LogP contribution in [0.2, 0.25) is 0 Å². The van der Waals surface area contributed by atoms with Crippen molar-refractivity contribution in [3.05, 3.63) is 63.0 Å². The lowest BCUT2D eigenvalue weighted by Crippen LogP contribution is -2.31. The lowest BCUT2D eigenvalue weighted by Gasteiger charge is -2.11. The van der Waals surface area contributed by atoms with Gasteiger partial charge in [0.2, 0.25) is 5.91 Å². The van der Waals surface area contributed by atoms with Gasteiger partial charge in [-0.25, -0.2) is 9.29 Å². The summed E-state index contributed by atoms with van der Waals surface area (Å²) >= 11 is 2.09. The molecule has 1 N–H and O–H groups in total. The van der Waals surface area contributed by atoms with E-state index in [9.17, 15) is 19.1 Å². The van der Waals surface area contributed by atoms with E-state index in [0.29, 0.717) is 11.1 Å². The van der Waals surface area contributed by atoms with E-state index < -0.39 is 17.6 Å². The first-order valence-corrected chi connectivity index (χ1v) is 7.82. The summed E-state index contributed by atoms with van der Waals surface area (Å²) in [6.45, 7) is 1.22. The lowest BCUT2D eigenvalue weighted by molar-refractivity contribution is -0.122. The molecule has 0 spiro atoms. The smallest absolute Gasteiger partial charge is 0.269 e. The van der Waals surface area contributed by atoms with Gasteiger partial charge in [-0.05, 0) is 52.9 Å². The molecule has 0 atom stereocenters. The van der Waals surface area contributed by atoms with Crippen LogP contribution in [0.5, 0.6) is 0 Å². The molecule has 1 aliphatic rings. The van der Waals surface area contributed by atoms with Crippen LogP contribution < -0.4 is 4.90 Å². The number of carbonyl (C=O) groups is 2. The van der Waals surface area contributed by atoms with Crippen LogP contribution in [0.25, 0.3) is 11.3 Å². The van der Waals surface area contributed by atoms with E-state index in [4.69, 9.17) is 0 Å². The fourth-order valence-electron chi connectivity index (χ4n) is 2.56. The molecule has 0 unspecified atom stereocenters. The van der Waals surface area contributed by atoms with Crippen molar-refractivity contribution >= 4 is 51.4 Å². The Hall–Kier alpha value is -2.22. The number of benzene rings is 2. The molecule has 116 valence electrons. The number of nitrogens with zero attached hydrogens (tertiary/aromatic N) is 1. The molecule has 23 heavy (non-hydrogen) atoms. The topological polar surface area (TPSA) is 57.6 Å². The van der Waals surface area contributed by atoms with Crippen LogP contribution in [-0.4, -0.2) is 16.9 Å². The van der Waals surface area contributed by atoms with Crippen molar-refractivity contribution in [1.29, 1.82) is 0 Å². The number of hydrogen-bond acceptors (Lipinski definition) is 3. The minimum absolute atomic E-state index is 0.00259. The maximum atomic E-state index is 13.5. The summed E-state index contributed by atoms with van der Waals surface area (Å²) in [6.07, 6.45) is 0. The largest absolute Gasteiger partial charge is 0.506 e. The fraction of sp³-hybridized carbons (Fsp3) is 0.0588. The Morgan fingerprint density at radius 2 is 1.96 bits per heavy atom. The highest BCUT2D eigenvalue weighted by molar-refractivity contribution is 14.1. The second kappa shape index (κ2) is 5.77. The van der Waals surface area contributed by atoms with E-state index in [-0.39, 0.29) is 17.0 Å². The molecule has 0 fully saturated rings. The van der Waals surface area contributed by atoms with E-state index in [0.717, 1.165) is 14.5 Å². The van der Waals surface area contributed by atoms with Crippen LogP contribution in [0.1, 0.15) is 18.1 Å². The molecule has 0 saturated carbocycles. The number of rotatable bonds is 1. The predicted molar refractivity (Wildman–Crippen MR) is 93.2 cm³/mol. The molecule has 2 aromatic carbocycles. The third-order valence-corrected chi connectivity index (χ3v) is 4.21. The number of carbonyl (C=O) groups excluding carboxylic acids is 2. The molecular formula is C17H11FINO3. The van der Waals surface area contributed by atoms with Crippen molar-refractivity contribution in [2.45, 2.75) is 6.92 Å². The van der Waals surface area contributed by atoms with Gasteiger partial charge in [0.15, 0.2) is 0 Å². The zero-order chi connectivity index (χ0) is 16.7. The zero-order valence-corrected chi connectivity index (χ0v) is 14.2. The molecule has 0 bridgehead atoms. The number of amides is 2. The maximum absolute atomic E-state index is 13.5. The number of anilines is 1. The number of fused-ring (bicyclic) bond motifs is 1. The van der Waals surface area contributed by atoms with Crippen LogP contribution in [-0.2, 0) is 9.59 Å². The predicted octanol–water partition coefficient (Wildman–Crippen LogP) is 3.75. The highest BCUT2D eigenvalue weighted by atomic mass is 127. The number of aliphatic hydroxyl groups is 1. The standard InChI is InChI=1S/C17H11FINO3/c1-9(21)20-14-8-11(18)5-6-13(14)15(17(20)23)16(22)10-3-2-4-12(19)7-10/h2-8,22H,1H3/b16-15+. The molecule has 1 heterocycles. The van der Waals surface area contributed by atoms with E-state index in [2.05, 4.69) is 22.6 Å². The van der Waals surface area contributed by atoms with Gasteiger partial charge in [0.1, 0.15) is 11.6 Å². The summed E-state index contributed by atoms with van der Waals surface area (Å²) in [7, 11) is 0. The third-order valence-electron chi connectivity index (χ3n) is 3.54. The van der Waals surface area contributed by atoms with Gasteiger partial charge < -0.3 is 5.11 Å². The van der Waals surface area contributed by atoms with Crippen molar-refractivity contribution in [2.75, 3.05) is 4.90 Å². The summed E-state index contributed by atoms with van der Waals surface area (Å²) in [5.41, 5.74) is 0.941. The quantitative estimate of drug-likeness (QED) is 0.432. The molecule has 0 saturated heterocycles. The van der Waals surface area contributed by atoms with Gasteiger partial charge in [-0.15, -0.1) is 0 Å². The van der Waals surface area contributed by atoms with Crippen LogP contribution in [0.3, 0.4) is 0 Å². The second-order valence-corrected chi connectivity index (χ2v) is 6.30. The Balaban J connectivity index is 2.27. The molecule has 0 aliphatic carbocycles.